The Labute approximate surface area is 162 Å². The van der Waals surface area contributed by atoms with Crippen LogP contribution in [0.25, 0.3) is 11.4 Å². The lowest BCUT2D eigenvalue weighted by Crippen LogP contribution is -2.32. The number of carbonyl (C=O) groups is 1. The third kappa shape index (κ3) is 4.14. The summed E-state index contributed by atoms with van der Waals surface area (Å²) in [5.74, 6) is 0.213. The van der Waals surface area contributed by atoms with Gasteiger partial charge >= 0.3 is 0 Å². The van der Waals surface area contributed by atoms with Crippen LogP contribution in [-0.2, 0) is 11.3 Å². The van der Waals surface area contributed by atoms with Crippen LogP contribution in [0.4, 0.5) is 4.39 Å². The maximum atomic E-state index is 13.1. The van der Waals surface area contributed by atoms with Crippen LogP contribution < -0.4 is 0 Å². The molecule has 0 saturated carbocycles. The molecule has 2 aromatic carbocycles. The van der Waals surface area contributed by atoms with E-state index in [1.165, 1.54) is 12.1 Å². The molecule has 27 heavy (non-hydrogen) atoms. The topological polar surface area (TPSA) is 53.9 Å². The van der Waals surface area contributed by atoms with Crippen LogP contribution >= 0.6 is 12.2 Å². The zero-order valence-electron chi connectivity index (χ0n) is 15.4. The summed E-state index contributed by atoms with van der Waals surface area (Å²) >= 11 is 5.32. The molecule has 1 atom stereocenters. The van der Waals surface area contributed by atoms with Gasteiger partial charge in [-0.05, 0) is 49.8 Å². The largest absolute Gasteiger partial charge is 0.337 e. The number of aromatic nitrogens is 3. The molecule has 5 nitrogen and oxygen atoms in total. The molecule has 1 amide bonds. The summed E-state index contributed by atoms with van der Waals surface area (Å²) in [4.78, 5) is 14.5. The molecule has 0 bridgehead atoms. The summed E-state index contributed by atoms with van der Waals surface area (Å²) in [6.07, 6.45) is 0. The number of rotatable bonds is 5. The summed E-state index contributed by atoms with van der Waals surface area (Å²) in [7, 11) is 1.73. The van der Waals surface area contributed by atoms with E-state index in [2.05, 4.69) is 10.2 Å². The van der Waals surface area contributed by atoms with Crippen LogP contribution in [0.15, 0.2) is 48.5 Å². The molecule has 0 aliphatic carbocycles. The van der Waals surface area contributed by atoms with Gasteiger partial charge in [-0.1, -0.05) is 35.9 Å². The molecule has 7 heteroatoms. The molecular formula is C20H21FN4OS. The fourth-order valence-electron chi connectivity index (χ4n) is 2.90. The van der Waals surface area contributed by atoms with Gasteiger partial charge in [0.2, 0.25) is 5.91 Å². The minimum Gasteiger partial charge on any atom is -0.337 e. The fourth-order valence-corrected chi connectivity index (χ4v) is 3.09. The van der Waals surface area contributed by atoms with Gasteiger partial charge in [0.15, 0.2) is 10.6 Å². The highest BCUT2D eigenvalue weighted by Gasteiger charge is 2.20. The van der Waals surface area contributed by atoms with Gasteiger partial charge < -0.3 is 4.90 Å². The molecule has 0 aliphatic heterocycles. The summed E-state index contributed by atoms with van der Waals surface area (Å²) in [6.45, 7) is 3.97. The van der Waals surface area contributed by atoms with Gasteiger partial charge in [-0.2, -0.15) is 5.10 Å². The van der Waals surface area contributed by atoms with E-state index in [-0.39, 0.29) is 24.3 Å². The third-order valence-corrected chi connectivity index (χ3v) is 4.97. The molecule has 0 radical (unpaired) electrons. The van der Waals surface area contributed by atoms with Gasteiger partial charge in [0, 0.05) is 12.6 Å². The van der Waals surface area contributed by atoms with Gasteiger partial charge in [-0.15, -0.1) is 0 Å². The Balaban J connectivity index is 1.83. The number of nitrogens with zero attached hydrogens (tertiary/aromatic N) is 3. The maximum Gasteiger partial charge on any atom is 0.242 e. The lowest BCUT2D eigenvalue weighted by molar-refractivity contribution is -0.132. The molecule has 0 spiro atoms. The van der Waals surface area contributed by atoms with E-state index >= 15 is 0 Å². The molecule has 3 rings (SSSR count). The number of hydrogen-bond donors (Lipinski definition) is 1. The molecule has 1 heterocycles. The van der Waals surface area contributed by atoms with Crippen molar-refractivity contribution in [3.8, 4) is 11.4 Å². The number of benzene rings is 2. The van der Waals surface area contributed by atoms with E-state index in [0.29, 0.717) is 10.6 Å². The van der Waals surface area contributed by atoms with Crippen molar-refractivity contribution >= 4 is 18.1 Å². The van der Waals surface area contributed by atoms with E-state index in [0.717, 1.165) is 16.7 Å². The van der Waals surface area contributed by atoms with Gasteiger partial charge in [-0.25, -0.2) is 4.39 Å². The van der Waals surface area contributed by atoms with E-state index in [4.69, 9.17) is 12.2 Å². The number of nitrogens with one attached hydrogen (secondary N) is 1. The van der Waals surface area contributed by atoms with Crippen LogP contribution in [0.5, 0.6) is 0 Å². The third-order valence-electron chi connectivity index (χ3n) is 4.65. The number of aromatic amines is 1. The monoisotopic (exact) mass is 384 g/mol. The van der Waals surface area contributed by atoms with E-state index in [9.17, 15) is 9.18 Å². The zero-order chi connectivity index (χ0) is 19.6. The molecule has 0 aliphatic rings. The van der Waals surface area contributed by atoms with Crippen LogP contribution in [0.2, 0.25) is 0 Å². The van der Waals surface area contributed by atoms with Crippen LogP contribution in [0.1, 0.15) is 24.1 Å². The zero-order valence-corrected chi connectivity index (χ0v) is 16.3. The Kier molecular flexibility index (Phi) is 5.51. The highest BCUT2D eigenvalue weighted by molar-refractivity contribution is 7.71. The first kappa shape index (κ1) is 19.0. The first-order valence-electron chi connectivity index (χ1n) is 8.60. The number of halogens is 1. The predicted molar refractivity (Wildman–Crippen MR) is 105 cm³/mol. The van der Waals surface area contributed by atoms with Crippen LogP contribution in [0.3, 0.4) is 0 Å². The Morgan fingerprint density at radius 2 is 2.00 bits per heavy atom. The quantitative estimate of drug-likeness (QED) is 0.668. The van der Waals surface area contributed by atoms with Gasteiger partial charge in [0.05, 0.1) is 6.04 Å². The number of aryl methyl sites for hydroxylation is 1. The van der Waals surface area contributed by atoms with Crippen molar-refractivity contribution in [1.82, 2.24) is 19.7 Å². The molecule has 140 valence electrons. The minimum absolute atomic E-state index is 0.0701. The van der Waals surface area contributed by atoms with Gasteiger partial charge in [0.25, 0.3) is 0 Å². The average Bonchev–Trinajstić information content (AvgIpc) is 3.01. The predicted octanol–water partition coefficient (Wildman–Crippen LogP) is 4.27. The van der Waals surface area contributed by atoms with Gasteiger partial charge in [-0.3, -0.25) is 14.5 Å². The van der Waals surface area contributed by atoms with Crippen molar-refractivity contribution in [3.63, 3.8) is 0 Å². The number of carbonyl (C=O) groups excluding carboxylic acids is 1. The summed E-state index contributed by atoms with van der Waals surface area (Å²) in [5, 5.41) is 7.06. The second kappa shape index (κ2) is 7.84. The first-order valence-corrected chi connectivity index (χ1v) is 9.01. The lowest BCUT2D eigenvalue weighted by atomic mass is 10.1. The Hall–Kier alpha value is -2.80. The van der Waals surface area contributed by atoms with Crippen molar-refractivity contribution in [1.29, 1.82) is 0 Å². The van der Waals surface area contributed by atoms with Crippen molar-refractivity contribution in [2.45, 2.75) is 26.4 Å². The Bertz CT molecular complexity index is 1010. The first-order chi connectivity index (χ1) is 12.9. The second-order valence-electron chi connectivity index (χ2n) is 6.54. The standard InChI is InChI=1S/C20H21FN4OS/c1-13-5-4-6-16(11-13)19-22-23-20(27)25(19)12-18(26)24(3)14(2)15-7-9-17(21)10-8-15/h4-11,14H,12H2,1-3H3,(H,23,27). The Morgan fingerprint density at radius 1 is 1.30 bits per heavy atom. The van der Waals surface area contributed by atoms with Crippen molar-refractivity contribution in [3.05, 3.63) is 70.2 Å². The number of hydrogen-bond acceptors (Lipinski definition) is 3. The normalized spacial score (nSPS) is 12.0. The average molecular weight is 384 g/mol. The lowest BCUT2D eigenvalue weighted by Gasteiger charge is -2.25. The molecule has 1 unspecified atom stereocenters. The van der Waals surface area contributed by atoms with E-state index in [1.54, 1.807) is 28.6 Å². The molecule has 0 saturated heterocycles. The van der Waals surface area contributed by atoms with Crippen LogP contribution in [0, 0.1) is 17.5 Å². The van der Waals surface area contributed by atoms with E-state index in [1.807, 2.05) is 38.1 Å². The highest BCUT2D eigenvalue weighted by Crippen LogP contribution is 2.22. The number of amides is 1. The molecule has 3 aromatic rings. The second-order valence-corrected chi connectivity index (χ2v) is 6.93. The summed E-state index contributed by atoms with van der Waals surface area (Å²) < 4.78 is 15.2. The molecule has 1 N–H and O–H groups in total. The Morgan fingerprint density at radius 3 is 2.67 bits per heavy atom. The maximum absolute atomic E-state index is 13.1. The summed E-state index contributed by atoms with van der Waals surface area (Å²) in [6, 6.07) is 13.8. The molecule has 1 aromatic heterocycles. The van der Waals surface area contributed by atoms with Gasteiger partial charge in [0.1, 0.15) is 12.4 Å². The van der Waals surface area contributed by atoms with Crippen LogP contribution in [-0.4, -0.2) is 32.6 Å². The summed E-state index contributed by atoms with van der Waals surface area (Å²) in [5.41, 5.74) is 2.85. The highest BCUT2D eigenvalue weighted by atomic mass is 32.1. The minimum atomic E-state index is -0.299. The number of likely N-dealkylation sites (N-methyl/N-ethyl adjacent to an activating group) is 1. The van der Waals surface area contributed by atoms with Crippen molar-refractivity contribution in [2.24, 2.45) is 0 Å². The SMILES string of the molecule is Cc1cccc(-c2n[nH]c(=S)n2CC(=O)N(C)C(C)c2ccc(F)cc2)c1. The fraction of sp³-hybridized carbons (Fsp3) is 0.250. The van der Waals surface area contributed by atoms with Crippen molar-refractivity contribution < 1.29 is 9.18 Å². The van der Waals surface area contributed by atoms with Crippen molar-refractivity contribution in [2.75, 3.05) is 7.05 Å². The molecular weight excluding hydrogens is 363 g/mol. The smallest absolute Gasteiger partial charge is 0.242 e. The number of H-pyrrole nitrogens is 1. The molecule has 0 fully saturated rings. The van der Waals surface area contributed by atoms with E-state index < -0.39 is 0 Å².